The minimum Gasteiger partial charge on any atom is -0.368 e. The van der Waals surface area contributed by atoms with E-state index in [1.54, 1.807) is 12.4 Å². The van der Waals surface area contributed by atoms with E-state index in [0.717, 1.165) is 34.5 Å². The first kappa shape index (κ1) is 13.0. The summed E-state index contributed by atoms with van der Waals surface area (Å²) < 4.78 is 1.11. The third-order valence-electron chi connectivity index (χ3n) is 2.67. The van der Waals surface area contributed by atoms with Gasteiger partial charge >= 0.3 is 0 Å². The fraction of sp³-hybridized carbons (Fsp3) is 0.286. The van der Waals surface area contributed by atoms with Crippen molar-refractivity contribution in [1.29, 1.82) is 0 Å². The van der Waals surface area contributed by atoms with Gasteiger partial charge in [-0.25, -0.2) is 4.98 Å². The van der Waals surface area contributed by atoms with Gasteiger partial charge in [0.1, 0.15) is 5.69 Å². The van der Waals surface area contributed by atoms with Crippen LogP contribution in [0.25, 0.3) is 11.3 Å². The van der Waals surface area contributed by atoms with E-state index >= 15 is 0 Å². The summed E-state index contributed by atoms with van der Waals surface area (Å²) in [5.74, 6) is 0.848. The number of rotatable bonds is 4. The first-order valence-corrected chi connectivity index (χ1v) is 6.83. The molecular formula is C14H16BrN3. The summed E-state index contributed by atoms with van der Waals surface area (Å²) in [6, 6.07) is 6.21. The first-order valence-electron chi connectivity index (χ1n) is 6.03. The van der Waals surface area contributed by atoms with Gasteiger partial charge < -0.3 is 5.32 Å². The Morgan fingerprint density at radius 2 is 2.00 bits per heavy atom. The molecule has 0 aliphatic carbocycles. The van der Waals surface area contributed by atoms with Crippen molar-refractivity contribution in [3.8, 4) is 11.3 Å². The van der Waals surface area contributed by atoms with Gasteiger partial charge in [-0.05, 0) is 31.0 Å². The molecule has 1 aromatic carbocycles. The Kier molecular flexibility index (Phi) is 4.31. The molecule has 18 heavy (non-hydrogen) atoms. The number of aromatic nitrogens is 2. The van der Waals surface area contributed by atoms with Gasteiger partial charge in [-0.1, -0.05) is 28.9 Å². The van der Waals surface area contributed by atoms with E-state index in [9.17, 15) is 0 Å². The molecule has 1 aromatic heterocycles. The van der Waals surface area contributed by atoms with Crippen LogP contribution in [-0.2, 0) is 0 Å². The van der Waals surface area contributed by atoms with Crippen LogP contribution in [0.5, 0.6) is 0 Å². The van der Waals surface area contributed by atoms with Crippen molar-refractivity contribution in [2.75, 3.05) is 11.9 Å². The van der Waals surface area contributed by atoms with Gasteiger partial charge in [0.2, 0.25) is 0 Å². The standard InChI is InChI=1S/C14H16BrN3/c1-3-6-17-14-13(16-7-8-18-14)11-4-5-12(15)10(2)9-11/h4-5,7-9H,3,6H2,1-2H3,(H,17,18). The Morgan fingerprint density at radius 3 is 2.72 bits per heavy atom. The molecule has 4 heteroatoms. The van der Waals surface area contributed by atoms with Crippen LogP contribution < -0.4 is 5.32 Å². The predicted octanol–water partition coefficient (Wildman–Crippen LogP) is 4.04. The highest BCUT2D eigenvalue weighted by molar-refractivity contribution is 9.10. The van der Waals surface area contributed by atoms with E-state index in [0.29, 0.717) is 0 Å². The summed E-state index contributed by atoms with van der Waals surface area (Å²) in [6.07, 6.45) is 4.51. The van der Waals surface area contributed by atoms with Crippen molar-refractivity contribution in [2.45, 2.75) is 20.3 Å². The molecule has 0 unspecified atom stereocenters. The molecule has 0 aliphatic rings. The predicted molar refractivity (Wildman–Crippen MR) is 78.7 cm³/mol. The molecule has 0 fully saturated rings. The summed E-state index contributed by atoms with van der Waals surface area (Å²) in [5.41, 5.74) is 3.18. The van der Waals surface area contributed by atoms with Gasteiger partial charge in [-0.2, -0.15) is 0 Å². The van der Waals surface area contributed by atoms with E-state index in [-0.39, 0.29) is 0 Å². The largest absolute Gasteiger partial charge is 0.368 e. The Morgan fingerprint density at radius 1 is 1.22 bits per heavy atom. The molecule has 1 heterocycles. The number of aryl methyl sites for hydroxylation is 1. The zero-order chi connectivity index (χ0) is 13.0. The molecule has 3 nitrogen and oxygen atoms in total. The zero-order valence-corrected chi connectivity index (χ0v) is 12.2. The number of benzene rings is 1. The lowest BCUT2D eigenvalue weighted by Gasteiger charge is -2.10. The van der Waals surface area contributed by atoms with Crippen LogP contribution in [0.4, 0.5) is 5.82 Å². The smallest absolute Gasteiger partial charge is 0.152 e. The average Bonchev–Trinajstić information content (AvgIpc) is 2.40. The van der Waals surface area contributed by atoms with Crippen LogP contribution in [0.2, 0.25) is 0 Å². The van der Waals surface area contributed by atoms with E-state index in [2.05, 4.69) is 57.2 Å². The zero-order valence-electron chi connectivity index (χ0n) is 10.6. The topological polar surface area (TPSA) is 37.8 Å². The van der Waals surface area contributed by atoms with E-state index < -0.39 is 0 Å². The highest BCUT2D eigenvalue weighted by Crippen LogP contribution is 2.27. The van der Waals surface area contributed by atoms with Crippen molar-refractivity contribution in [2.24, 2.45) is 0 Å². The lowest BCUT2D eigenvalue weighted by atomic mass is 10.1. The molecule has 0 radical (unpaired) electrons. The Labute approximate surface area is 116 Å². The number of hydrogen-bond donors (Lipinski definition) is 1. The fourth-order valence-corrected chi connectivity index (χ4v) is 1.96. The van der Waals surface area contributed by atoms with Gasteiger partial charge in [0, 0.05) is 29.0 Å². The number of hydrogen-bond acceptors (Lipinski definition) is 3. The van der Waals surface area contributed by atoms with Crippen LogP contribution in [0.1, 0.15) is 18.9 Å². The molecule has 94 valence electrons. The van der Waals surface area contributed by atoms with Gasteiger partial charge in [-0.3, -0.25) is 4.98 Å². The van der Waals surface area contributed by atoms with Gasteiger partial charge in [-0.15, -0.1) is 0 Å². The van der Waals surface area contributed by atoms with Crippen molar-refractivity contribution < 1.29 is 0 Å². The first-order chi connectivity index (χ1) is 8.72. The number of halogens is 1. The van der Waals surface area contributed by atoms with Crippen LogP contribution in [-0.4, -0.2) is 16.5 Å². The molecule has 0 saturated heterocycles. The van der Waals surface area contributed by atoms with Crippen molar-refractivity contribution in [3.05, 3.63) is 40.6 Å². The third kappa shape index (κ3) is 2.88. The second-order valence-corrected chi connectivity index (χ2v) is 5.00. The third-order valence-corrected chi connectivity index (χ3v) is 3.56. The Bertz CT molecular complexity index is 540. The molecule has 2 rings (SSSR count). The van der Waals surface area contributed by atoms with Crippen LogP contribution in [0.3, 0.4) is 0 Å². The van der Waals surface area contributed by atoms with Crippen molar-refractivity contribution >= 4 is 21.7 Å². The lowest BCUT2D eigenvalue weighted by Crippen LogP contribution is -2.04. The molecule has 0 spiro atoms. The summed E-state index contributed by atoms with van der Waals surface area (Å²) in [5, 5.41) is 3.31. The lowest BCUT2D eigenvalue weighted by molar-refractivity contribution is 0.966. The summed E-state index contributed by atoms with van der Waals surface area (Å²) in [6.45, 7) is 5.11. The van der Waals surface area contributed by atoms with Crippen molar-refractivity contribution in [3.63, 3.8) is 0 Å². The normalized spacial score (nSPS) is 10.4. The number of nitrogens with one attached hydrogen (secondary N) is 1. The molecule has 0 amide bonds. The van der Waals surface area contributed by atoms with E-state index in [1.165, 1.54) is 5.56 Å². The maximum atomic E-state index is 4.43. The Balaban J connectivity index is 2.39. The number of nitrogens with zero attached hydrogens (tertiary/aromatic N) is 2. The molecule has 0 saturated carbocycles. The van der Waals surface area contributed by atoms with Gasteiger partial charge in [0.25, 0.3) is 0 Å². The quantitative estimate of drug-likeness (QED) is 0.926. The molecular weight excluding hydrogens is 290 g/mol. The van der Waals surface area contributed by atoms with Gasteiger partial charge in [0.15, 0.2) is 5.82 Å². The van der Waals surface area contributed by atoms with Crippen LogP contribution in [0, 0.1) is 6.92 Å². The fourth-order valence-electron chi connectivity index (χ4n) is 1.71. The second kappa shape index (κ2) is 5.96. The average molecular weight is 306 g/mol. The summed E-state index contributed by atoms with van der Waals surface area (Å²) >= 11 is 3.51. The number of anilines is 1. The van der Waals surface area contributed by atoms with Gasteiger partial charge in [0.05, 0.1) is 0 Å². The highest BCUT2D eigenvalue weighted by Gasteiger charge is 2.08. The van der Waals surface area contributed by atoms with E-state index in [1.807, 2.05) is 6.07 Å². The summed E-state index contributed by atoms with van der Waals surface area (Å²) in [4.78, 5) is 8.79. The molecule has 0 atom stereocenters. The van der Waals surface area contributed by atoms with Crippen LogP contribution in [0.15, 0.2) is 35.1 Å². The van der Waals surface area contributed by atoms with Crippen LogP contribution >= 0.6 is 15.9 Å². The molecule has 0 bridgehead atoms. The molecule has 1 N–H and O–H groups in total. The SMILES string of the molecule is CCCNc1nccnc1-c1ccc(Br)c(C)c1. The molecule has 2 aromatic rings. The monoisotopic (exact) mass is 305 g/mol. The highest BCUT2D eigenvalue weighted by atomic mass is 79.9. The second-order valence-electron chi connectivity index (χ2n) is 4.14. The minimum absolute atomic E-state index is 0.848. The van der Waals surface area contributed by atoms with E-state index in [4.69, 9.17) is 0 Å². The summed E-state index contributed by atoms with van der Waals surface area (Å²) in [7, 11) is 0. The minimum atomic E-state index is 0.848. The maximum Gasteiger partial charge on any atom is 0.152 e. The maximum absolute atomic E-state index is 4.43. The van der Waals surface area contributed by atoms with Crippen molar-refractivity contribution in [1.82, 2.24) is 9.97 Å². The Hall–Kier alpha value is -1.42. The molecule has 0 aliphatic heterocycles.